The van der Waals surface area contributed by atoms with E-state index in [1.165, 1.54) is 11.4 Å². The van der Waals surface area contributed by atoms with Crippen molar-refractivity contribution in [2.45, 2.75) is 24.7 Å². The Bertz CT molecular complexity index is 853. The molecular weight excluding hydrogens is 336 g/mol. The third kappa shape index (κ3) is 3.54. The quantitative estimate of drug-likeness (QED) is 0.844. The number of nitrogens with zero attached hydrogens (tertiary/aromatic N) is 2. The van der Waals surface area contributed by atoms with Gasteiger partial charge in [0.2, 0.25) is 0 Å². The van der Waals surface area contributed by atoms with Crippen molar-refractivity contribution in [3.63, 3.8) is 0 Å². The third-order valence-electron chi connectivity index (χ3n) is 4.55. The van der Waals surface area contributed by atoms with E-state index >= 15 is 0 Å². The highest BCUT2D eigenvalue weighted by Crippen LogP contribution is 2.23. The van der Waals surface area contributed by atoms with Crippen molar-refractivity contribution < 1.29 is 13.2 Å². The molecule has 0 unspecified atom stereocenters. The number of rotatable bonds is 4. The van der Waals surface area contributed by atoms with Crippen LogP contribution in [0.15, 0.2) is 53.4 Å². The van der Waals surface area contributed by atoms with Crippen molar-refractivity contribution >= 4 is 21.6 Å². The lowest BCUT2D eigenvalue weighted by Crippen LogP contribution is -2.28. The van der Waals surface area contributed by atoms with Gasteiger partial charge in [-0.05, 0) is 56.2 Å². The Morgan fingerprint density at radius 2 is 1.52 bits per heavy atom. The van der Waals surface area contributed by atoms with E-state index in [0.717, 1.165) is 31.5 Å². The van der Waals surface area contributed by atoms with Crippen LogP contribution < -0.4 is 4.31 Å². The summed E-state index contributed by atoms with van der Waals surface area (Å²) < 4.78 is 26.7. The van der Waals surface area contributed by atoms with Crippen LogP contribution >= 0.6 is 0 Å². The molecule has 1 aliphatic heterocycles. The molecule has 0 atom stereocenters. The molecule has 1 fully saturated rings. The monoisotopic (exact) mass is 358 g/mol. The molecule has 0 saturated carbocycles. The second-order valence-corrected chi connectivity index (χ2v) is 8.30. The number of benzene rings is 2. The zero-order valence-electron chi connectivity index (χ0n) is 14.5. The normalized spacial score (nSPS) is 14.6. The summed E-state index contributed by atoms with van der Waals surface area (Å²) in [5, 5.41) is 0. The van der Waals surface area contributed by atoms with Crippen LogP contribution in [0.2, 0.25) is 0 Å². The average molecular weight is 358 g/mol. The van der Waals surface area contributed by atoms with E-state index in [-0.39, 0.29) is 10.8 Å². The van der Waals surface area contributed by atoms with Gasteiger partial charge in [-0.15, -0.1) is 0 Å². The van der Waals surface area contributed by atoms with Crippen LogP contribution in [0.4, 0.5) is 5.69 Å². The third-order valence-corrected chi connectivity index (χ3v) is 6.35. The van der Waals surface area contributed by atoms with Crippen molar-refractivity contribution in [2.75, 3.05) is 24.4 Å². The highest BCUT2D eigenvalue weighted by molar-refractivity contribution is 7.92. The predicted molar refractivity (Wildman–Crippen MR) is 98.3 cm³/mol. The fraction of sp³-hybridized carbons (Fsp3) is 0.316. The van der Waals surface area contributed by atoms with E-state index in [2.05, 4.69) is 0 Å². The molecule has 1 saturated heterocycles. The summed E-state index contributed by atoms with van der Waals surface area (Å²) in [6.07, 6.45) is 2.09. The Morgan fingerprint density at radius 1 is 0.960 bits per heavy atom. The number of amides is 1. The van der Waals surface area contributed by atoms with Crippen LogP contribution in [0.5, 0.6) is 0 Å². The number of hydrogen-bond donors (Lipinski definition) is 0. The molecule has 0 N–H and O–H groups in total. The maximum Gasteiger partial charge on any atom is 0.264 e. The molecule has 25 heavy (non-hydrogen) atoms. The highest BCUT2D eigenvalue weighted by atomic mass is 32.2. The molecule has 3 rings (SSSR count). The van der Waals surface area contributed by atoms with Crippen LogP contribution in [0, 0.1) is 6.92 Å². The zero-order valence-corrected chi connectivity index (χ0v) is 15.3. The van der Waals surface area contributed by atoms with E-state index in [9.17, 15) is 13.2 Å². The minimum absolute atomic E-state index is 0.00750. The van der Waals surface area contributed by atoms with E-state index in [1.807, 2.05) is 11.8 Å². The molecule has 1 amide bonds. The summed E-state index contributed by atoms with van der Waals surface area (Å²) in [5.74, 6) is 0.00750. The molecule has 2 aromatic carbocycles. The molecule has 0 spiro atoms. The summed E-state index contributed by atoms with van der Waals surface area (Å²) in [5.41, 5.74) is 2.12. The fourth-order valence-corrected chi connectivity index (χ4v) is 4.12. The van der Waals surface area contributed by atoms with Crippen molar-refractivity contribution in [2.24, 2.45) is 0 Å². The average Bonchev–Trinajstić information content (AvgIpc) is 3.15. The van der Waals surface area contributed by atoms with Gasteiger partial charge in [-0.25, -0.2) is 8.42 Å². The first kappa shape index (κ1) is 17.5. The second-order valence-electron chi connectivity index (χ2n) is 6.33. The van der Waals surface area contributed by atoms with Gasteiger partial charge < -0.3 is 4.90 Å². The van der Waals surface area contributed by atoms with E-state index in [0.29, 0.717) is 11.3 Å². The Morgan fingerprint density at radius 3 is 2.08 bits per heavy atom. The maximum absolute atomic E-state index is 12.7. The molecule has 132 valence electrons. The summed E-state index contributed by atoms with van der Waals surface area (Å²) >= 11 is 0. The molecule has 1 aliphatic rings. The number of anilines is 1. The van der Waals surface area contributed by atoms with Crippen LogP contribution in [0.1, 0.15) is 28.8 Å². The van der Waals surface area contributed by atoms with Crippen LogP contribution in [0.25, 0.3) is 0 Å². The molecule has 6 heteroatoms. The topological polar surface area (TPSA) is 57.7 Å². The van der Waals surface area contributed by atoms with Crippen LogP contribution in [-0.4, -0.2) is 39.4 Å². The smallest absolute Gasteiger partial charge is 0.264 e. The zero-order chi connectivity index (χ0) is 18.0. The van der Waals surface area contributed by atoms with Crippen LogP contribution in [-0.2, 0) is 10.0 Å². The first-order valence-corrected chi connectivity index (χ1v) is 9.78. The van der Waals surface area contributed by atoms with Gasteiger partial charge in [0.25, 0.3) is 15.9 Å². The Kier molecular flexibility index (Phi) is 4.81. The number of aryl methyl sites for hydroxylation is 1. The van der Waals surface area contributed by atoms with E-state index < -0.39 is 10.0 Å². The van der Waals surface area contributed by atoms with E-state index in [4.69, 9.17) is 0 Å². The molecule has 0 aliphatic carbocycles. The molecule has 0 aromatic heterocycles. The summed E-state index contributed by atoms with van der Waals surface area (Å²) in [6, 6.07) is 13.5. The minimum Gasteiger partial charge on any atom is -0.339 e. The van der Waals surface area contributed by atoms with E-state index in [1.54, 1.807) is 48.5 Å². The molecule has 1 heterocycles. The number of hydrogen-bond acceptors (Lipinski definition) is 3. The van der Waals surface area contributed by atoms with Crippen LogP contribution in [0.3, 0.4) is 0 Å². The molecule has 0 radical (unpaired) electrons. The Labute approximate surface area is 148 Å². The number of likely N-dealkylation sites (tertiary alicyclic amines) is 1. The first-order valence-electron chi connectivity index (χ1n) is 8.34. The first-order chi connectivity index (χ1) is 11.9. The number of carbonyl (C=O) groups excluding carboxylic acids is 1. The van der Waals surface area contributed by atoms with Crippen molar-refractivity contribution in [3.8, 4) is 0 Å². The number of sulfonamides is 1. The van der Waals surface area contributed by atoms with Gasteiger partial charge in [-0.2, -0.15) is 0 Å². The van der Waals surface area contributed by atoms with Gasteiger partial charge >= 0.3 is 0 Å². The van der Waals surface area contributed by atoms with Gasteiger partial charge in [0, 0.05) is 25.7 Å². The summed E-state index contributed by atoms with van der Waals surface area (Å²) in [6.45, 7) is 3.50. The number of carbonyl (C=O) groups is 1. The van der Waals surface area contributed by atoms with Gasteiger partial charge in [0.15, 0.2) is 0 Å². The fourth-order valence-electron chi connectivity index (χ4n) is 2.92. The maximum atomic E-state index is 12.7. The van der Waals surface area contributed by atoms with Crippen molar-refractivity contribution in [1.82, 2.24) is 4.90 Å². The highest BCUT2D eigenvalue weighted by Gasteiger charge is 2.22. The summed E-state index contributed by atoms with van der Waals surface area (Å²) in [4.78, 5) is 14.5. The lowest BCUT2D eigenvalue weighted by Gasteiger charge is -2.20. The lowest BCUT2D eigenvalue weighted by molar-refractivity contribution is 0.0793. The van der Waals surface area contributed by atoms with Crippen molar-refractivity contribution in [1.29, 1.82) is 0 Å². The molecule has 2 aromatic rings. The van der Waals surface area contributed by atoms with Gasteiger partial charge in [0.05, 0.1) is 10.6 Å². The Balaban J connectivity index is 1.81. The van der Waals surface area contributed by atoms with Gasteiger partial charge in [0.1, 0.15) is 0 Å². The van der Waals surface area contributed by atoms with Gasteiger partial charge in [-0.3, -0.25) is 9.10 Å². The largest absolute Gasteiger partial charge is 0.339 e. The van der Waals surface area contributed by atoms with Gasteiger partial charge in [-0.1, -0.05) is 17.7 Å². The molecular formula is C19H22N2O3S. The SMILES string of the molecule is Cc1ccc(S(=O)(=O)N(C)c2ccc(C(=O)N3CCCC3)cc2)cc1. The second kappa shape index (κ2) is 6.88. The van der Waals surface area contributed by atoms with Crippen molar-refractivity contribution in [3.05, 3.63) is 59.7 Å². The molecule has 0 bridgehead atoms. The Hall–Kier alpha value is -2.34. The summed E-state index contributed by atoms with van der Waals surface area (Å²) in [7, 11) is -2.10. The molecule has 5 nitrogen and oxygen atoms in total. The lowest BCUT2D eigenvalue weighted by atomic mass is 10.2. The standard InChI is InChI=1S/C19H22N2O3S/c1-15-5-11-18(12-6-15)25(23,24)20(2)17-9-7-16(8-10-17)19(22)21-13-3-4-14-21/h5-12H,3-4,13-14H2,1-2H3. The predicted octanol–water partition coefficient (Wildman–Crippen LogP) is 3.06. The minimum atomic E-state index is -3.62.